The maximum Gasteiger partial charge on any atom is 0.0615 e. The van der Waals surface area contributed by atoms with Gasteiger partial charge in [-0.1, -0.05) is 48.3 Å². The van der Waals surface area contributed by atoms with E-state index in [-0.39, 0.29) is 6.61 Å². The summed E-state index contributed by atoms with van der Waals surface area (Å²) in [6, 6.07) is 0. The maximum atomic E-state index is 8.94. The van der Waals surface area contributed by atoms with Crippen LogP contribution in [-0.4, -0.2) is 11.7 Å². The van der Waals surface area contributed by atoms with Crippen molar-refractivity contribution in [3.63, 3.8) is 0 Å². The number of hydrogen-bond acceptors (Lipinski definition) is 1. The van der Waals surface area contributed by atoms with Gasteiger partial charge in [0.25, 0.3) is 0 Å². The largest absolute Gasteiger partial charge is 0.392 e. The Morgan fingerprint density at radius 1 is 0.889 bits per heavy atom. The maximum absolute atomic E-state index is 8.94. The lowest BCUT2D eigenvalue weighted by Crippen LogP contribution is -1.87. The average Bonchev–Trinajstić information content (AvgIpc) is 2.29. The summed E-state index contributed by atoms with van der Waals surface area (Å²) in [7, 11) is 0. The molecule has 0 bridgehead atoms. The molecule has 0 aliphatic rings. The van der Waals surface area contributed by atoms with Crippen LogP contribution in [0.15, 0.2) is 34.9 Å². The molecule has 0 aromatic rings. The van der Waals surface area contributed by atoms with Crippen LogP contribution < -0.4 is 0 Å². The second kappa shape index (κ2) is 11.3. The van der Waals surface area contributed by atoms with Gasteiger partial charge >= 0.3 is 0 Å². The number of allylic oxidation sites excluding steroid dienone is 5. The molecule has 1 N–H and O–H groups in total. The van der Waals surface area contributed by atoms with E-state index in [4.69, 9.17) is 5.11 Å². The van der Waals surface area contributed by atoms with Gasteiger partial charge in [-0.2, -0.15) is 0 Å². The van der Waals surface area contributed by atoms with Crippen molar-refractivity contribution >= 4 is 0 Å². The highest BCUT2D eigenvalue weighted by molar-refractivity contribution is 5.07. The summed E-state index contributed by atoms with van der Waals surface area (Å²) in [6.45, 7) is 8.88. The molecule has 0 aliphatic heterocycles. The lowest BCUT2D eigenvalue weighted by Gasteiger charge is -2.04. The third kappa shape index (κ3) is 10.3. The smallest absolute Gasteiger partial charge is 0.0615 e. The Hall–Kier alpha value is -0.820. The predicted octanol–water partition coefficient (Wildman–Crippen LogP) is 5.18. The Bertz CT molecular complexity index is 291. The van der Waals surface area contributed by atoms with E-state index in [1.807, 2.05) is 6.08 Å². The summed E-state index contributed by atoms with van der Waals surface area (Å²) >= 11 is 0. The highest BCUT2D eigenvalue weighted by Crippen LogP contribution is 2.15. The highest BCUT2D eigenvalue weighted by atomic mass is 16.2. The molecule has 0 saturated heterocycles. The van der Waals surface area contributed by atoms with Crippen molar-refractivity contribution in [2.24, 2.45) is 0 Å². The number of hydrogen-bond donors (Lipinski definition) is 1. The average molecular weight is 250 g/mol. The van der Waals surface area contributed by atoms with E-state index in [0.717, 1.165) is 38.5 Å². The summed E-state index contributed by atoms with van der Waals surface area (Å²) in [4.78, 5) is 0. The molecule has 0 atom stereocenters. The van der Waals surface area contributed by atoms with Crippen molar-refractivity contribution in [3.8, 4) is 0 Å². The van der Waals surface area contributed by atoms with E-state index in [2.05, 4.69) is 39.8 Å². The number of rotatable bonds is 9. The van der Waals surface area contributed by atoms with Crippen molar-refractivity contribution in [1.82, 2.24) is 0 Å². The molecule has 0 radical (unpaired) electrons. The lowest BCUT2D eigenvalue weighted by molar-refractivity contribution is 0.341. The normalized spacial score (nSPS) is 12.7. The fourth-order valence-corrected chi connectivity index (χ4v) is 1.97. The fraction of sp³-hybridized carbons (Fsp3) is 0.647. The van der Waals surface area contributed by atoms with Crippen LogP contribution >= 0.6 is 0 Å². The minimum Gasteiger partial charge on any atom is -0.392 e. The third-order valence-electron chi connectivity index (χ3n) is 3.00. The predicted molar refractivity (Wildman–Crippen MR) is 81.7 cm³/mol. The first-order valence-corrected chi connectivity index (χ1v) is 7.17. The van der Waals surface area contributed by atoms with Crippen molar-refractivity contribution in [2.75, 3.05) is 6.61 Å². The van der Waals surface area contributed by atoms with E-state index in [0.29, 0.717) is 0 Å². The quantitative estimate of drug-likeness (QED) is 0.559. The molecule has 0 heterocycles. The molecule has 0 aromatic carbocycles. The van der Waals surface area contributed by atoms with E-state index >= 15 is 0 Å². The first kappa shape index (κ1) is 17.2. The third-order valence-corrected chi connectivity index (χ3v) is 3.00. The number of aliphatic hydroxyl groups is 1. The van der Waals surface area contributed by atoms with E-state index in [1.165, 1.54) is 16.7 Å². The van der Waals surface area contributed by atoms with E-state index < -0.39 is 0 Å². The van der Waals surface area contributed by atoms with E-state index in [9.17, 15) is 0 Å². The Kier molecular flexibility index (Phi) is 10.8. The van der Waals surface area contributed by atoms with Gasteiger partial charge in [-0.15, -0.1) is 0 Å². The van der Waals surface area contributed by atoms with Crippen LogP contribution in [-0.2, 0) is 0 Å². The molecule has 0 rings (SSSR count). The molecule has 0 saturated carbocycles. The second-order valence-electron chi connectivity index (χ2n) is 5.20. The SMILES string of the molecule is CCC/C(=C\CO)CC/C=C(\C)CCC=C(C)C. The number of aliphatic hydroxyl groups excluding tert-OH is 1. The van der Waals surface area contributed by atoms with Gasteiger partial charge in [-0.05, 0) is 52.9 Å². The molecule has 1 nitrogen and oxygen atoms in total. The first-order valence-electron chi connectivity index (χ1n) is 7.17. The molecule has 0 aromatic heterocycles. The van der Waals surface area contributed by atoms with Crippen molar-refractivity contribution in [1.29, 1.82) is 0 Å². The fourth-order valence-electron chi connectivity index (χ4n) is 1.97. The zero-order valence-electron chi connectivity index (χ0n) is 12.6. The Morgan fingerprint density at radius 2 is 1.56 bits per heavy atom. The summed E-state index contributed by atoms with van der Waals surface area (Å²) in [6.07, 6.45) is 13.4. The van der Waals surface area contributed by atoms with Crippen LogP contribution in [0.3, 0.4) is 0 Å². The van der Waals surface area contributed by atoms with Gasteiger partial charge in [0.2, 0.25) is 0 Å². The Balaban J connectivity index is 3.98. The minimum absolute atomic E-state index is 0.179. The van der Waals surface area contributed by atoms with Crippen molar-refractivity contribution in [3.05, 3.63) is 34.9 Å². The molecule has 0 unspecified atom stereocenters. The zero-order valence-corrected chi connectivity index (χ0v) is 12.6. The second-order valence-corrected chi connectivity index (χ2v) is 5.20. The van der Waals surface area contributed by atoms with Gasteiger partial charge in [0.1, 0.15) is 0 Å². The van der Waals surface area contributed by atoms with Gasteiger partial charge in [-0.3, -0.25) is 0 Å². The van der Waals surface area contributed by atoms with Crippen LogP contribution in [0.4, 0.5) is 0 Å². The molecule has 0 fully saturated rings. The van der Waals surface area contributed by atoms with Gasteiger partial charge in [0, 0.05) is 0 Å². The molecular formula is C17H30O. The Morgan fingerprint density at radius 3 is 2.11 bits per heavy atom. The van der Waals surface area contributed by atoms with Crippen LogP contribution in [0, 0.1) is 0 Å². The minimum atomic E-state index is 0.179. The molecule has 1 heteroatoms. The topological polar surface area (TPSA) is 20.2 Å². The molecule has 0 aliphatic carbocycles. The summed E-state index contributed by atoms with van der Waals surface area (Å²) in [5.74, 6) is 0. The molecular weight excluding hydrogens is 220 g/mol. The van der Waals surface area contributed by atoms with Crippen LogP contribution in [0.2, 0.25) is 0 Å². The van der Waals surface area contributed by atoms with Crippen molar-refractivity contribution in [2.45, 2.75) is 66.2 Å². The van der Waals surface area contributed by atoms with E-state index in [1.54, 1.807) is 0 Å². The van der Waals surface area contributed by atoms with Gasteiger partial charge in [0.15, 0.2) is 0 Å². The molecule has 104 valence electrons. The zero-order chi connectivity index (χ0) is 13.8. The lowest BCUT2D eigenvalue weighted by atomic mass is 10.0. The van der Waals surface area contributed by atoms with Crippen LogP contribution in [0.1, 0.15) is 66.2 Å². The summed E-state index contributed by atoms with van der Waals surface area (Å²) in [5.41, 5.74) is 4.28. The first-order chi connectivity index (χ1) is 8.60. The summed E-state index contributed by atoms with van der Waals surface area (Å²) < 4.78 is 0. The van der Waals surface area contributed by atoms with Crippen molar-refractivity contribution < 1.29 is 5.11 Å². The molecule has 0 spiro atoms. The van der Waals surface area contributed by atoms with Crippen LogP contribution in [0.5, 0.6) is 0 Å². The van der Waals surface area contributed by atoms with Gasteiger partial charge in [-0.25, -0.2) is 0 Å². The monoisotopic (exact) mass is 250 g/mol. The van der Waals surface area contributed by atoms with Gasteiger partial charge in [0.05, 0.1) is 6.61 Å². The summed E-state index contributed by atoms with van der Waals surface area (Å²) in [5, 5.41) is 8.94. The standard InChI is InChI=1S/C17H30O/c1-5-8-17(13-14-18)12-7-11-16(4)10-6-9-15(2)3/h9,11,13,18H,5-8,10,12,14H2,1-4H3/b16-11+,17-13+. The molecule has 18 heavy (non-hydrogen) atoms. The van der Waals surface area contributed by atoms with Gasteiger partial charge < -0.3 is 5.11 Å². The highest BCUT2D eigenvalue weighted by Gasteiger charge is 1.95. The van der Waals surface area contributed by atoms with Crippen LogP contribution in [0.25, 0.3) is 0 Å². The molecule has 0 amide bonds. The Labute approximate surface area is 113 Å².